The van der Waals surface area contributed by atoms with E-state index in [-0.39, 0.29) is 18.1 Å². The third kappa shape index (κ3) is 2.14. The van der Waals surface area contributed by atoms with Gasteiger partial charge in [-0.3, -0.25) is 4.90 Å². The summed E-state index contributed by atoms with van der Waals surface area (Å²) in [5, 5.41) is 0. The van der Waals surface area contributed by atoms with Crippen LogP contribution in [0.2, 0.25) is 0 Å². The fourth-order valence-corrected chi connectivity index (χ4v) is 2.47. The molecule has 1 heterocycles. The van der Waals surface area contributed by atoms with Gasteiger partial charge in [-0.05, 0) is 25.5 Å². The average molecular weight is 273 g/mol. The summed E-state index contributed by atoms with van der Waals surface area (Å²) in [6, 6.07) is 5.43. The Labute approximate surface area is 117 Å². The van der Waals surface area contributed by atoms with Crippen LogP contribution in [0.3, 0.4) is 0 Å². The van der Waals surface area contributed by atoms with Gasteiger partial charge in [-0.15, -0.1) is 6.42 Å². The molecule has 2 atom stereocenters. The molecular formula is C15H16FN3O. The molecular weight excluding hydrogens is 257 g/mol. The number of hydrogen-bond acceptors (Lipinski definition) is 2. The SMILES string of the molecule is C#CC(C)N1C(=O)N=C(N)C1(C)Cc1ccccc1F. The van der Waals surface area contributed by atoms with Crippen LogP contribution in [0.15, 0.2) is 29.3 Å². The summed E-state index contributed by atoms with van der Waals surface area (Å²) in [7, 11) is 0. The summed E-state index contributed by atoms with van der Waals surface area (Å²) in [5.74, 6) is 2.32. The Morgan fingerprint density at radius 2 is 2.20 bits per heavy atom. The van der Waals surface area contributed by atoms with Crippen molar-refractivity contribution in [2.24, 2.45) is 10.7 Å². The quantitative estimate of drug-likeness (QED) is 0.856. The number of carbonyl (C=O) groups excluding carboxylic acids is 1. The topological polar surface area (TPSA) is 58.7 Å². The first-order valence-electron chi connectivity index (χ1n) is 6.27. The molecule has 0 fully saturated rings. The summed E-state index contributed by atoms with van der Waals surface area (Å²) in [4.78, 5) is 17.2. The van der Waals surface area contributed by atoms with E-state index < -0.39 is 17.6 Å². The van der Waals surface area contributed by atoms with Gasteiger partial charge in [0.15, 0.2) is 0 Å². The number of carbonyl (C=O) groups is 1. The number of halogens is 1. The Hall–Kier alpha value is -2.35. The zero-order valence-corrected chi connectivity index (χ0v) is 11.4. The predicted octanol–water partition coefficient (Wildman–Crippen LogP) is 1.94. The van der Waals surface area contributed by atoms with Crippen LogP contribution in [0.25, 0.3) is 0 Å². The van der Waals surface area contributed by atoms with Gasteiger partial charge in [0, 0.05) is 6.42 Å². The third-order valence-corrected chi connectivity index (χ3v) is 3.63. The van der Waals surface area contributed by atoms with E-state index in [9.17, 15) is 9.18 Å². The summed E-state index contributed by atoms with van der Waals surface area (Å²) in [5.41, 5.74) is 5.44. The Bertz CT molecular complexity index is 620. The number of terminal acetylenes is 1. The molecule has 1 aromatic carbocycles. The maximum atomic E-state index is 13.8. The molecule has 0 radical (unpaired) electrons. The molecule has 2 N–H and O–H groups in total. The maximum Gasteiger partial charge on any atom is 0.347 e. The Morgan fingerprint density at radius 1 is 1.55 bits per heavy atom. The number of urea groups is 1. The van der Waals surface area contributed by atoms with Crippen LogP contribution in [0.5, 0.6) is 0 Å². The largest absolute Gasteiger partial charge is 0.385 e. The lowest BCUT2D eigenvalue weighted by molar-refractivity contribution is 0.166. The lowest BCUT2D eigenvalue weighted by atomic mass is 9.89. The second-order valence-electron chi connectivity index (χ2n) is 5.03. The van der Waals surface area contributed by atoms with E-state index in [4.69, 9.17) is 12.2 Å². The van der Waals surface area contributed by atoms with Crippen LogP contribution in [0, 0.1) is 18.2 Å². The van der Waals surface area contributed by atoms with E-state index >= 15 is 0 Å². The first-order valence-corrected chi connectivity index (χ1v) is 6.27. The molecule has 20 heavy (non-hydrogen) atoms. The molecule has 2 unspecified atom stereocenters. The number of benzene rings is 1. The highest BCUT2D eigenvalue weighted by Crippen LogP contribution is 2.30. The number of nitrogens with two attached hydrogens (primary N) is 1. The second-order valence-corrected chi connectivity index (χ2v) is 5.03. The van der Waals surface area contributed by atoms with Crippen molar-refractivity contribution in [2.45, 2.75) is 31.8 Å². The monoisotopic (exact) mass is 273 g/mol. The standard InChI is InChI=1S/C15H16FN3O/c1-4-10(2)19-14(20)18-13(17)15(19,3)9-11-7-5-6-8-12(11)16/h1,5-8,10H,9H2,2-3H3,(H2,17,18,20). The summed E-state index contributed by atoms with van der Waals surface area (Å²) in [6.45, 7) is 3.46. The summed E-state index contributed by atoms with van der Waals surface area (Å²) < 4.78 is 13.8. The molecule has 0 bridgehead atoms. The molecule has 0 aliphatic carbocycles. The molecule has 1 aromatic rings. The van der Waals surface area contributed by atoms with Crippen molar-refractivity contribution in [2.75, 3.05) is 0 Å². The predicted molar refractivity (Wildman–Crippen MR) is 75.7 cm³/mol. The highest BCUT2D eigenvalue weighted by atomic mass is 19.1. The Morgan fingerprint density at radius 3 is 2.80 bits per heavy atom. The van der Waals surface area contributed by atoms with Crippen molar-refractivity contribution in [3.05, 3.63) is 35.6 Å². The molecule has 1 aliphatic heterocycles. The minimum Gasteiger partial charge on any atom is -0.385 e. The fraction of sp³-hybridized carbons (Fsp3) is 0.333. The fourth-order valence-electron chi connectivity index (χ4n) is 2.47. The van der Waals surface area contributed by atoms with Gasteiger partial charge in [0.25, 0.3) is 0 Å². The van der Waals surface area contributed by atoms with E-state index in [2.05, 4.69) is 10.9 Å². The molecule has 5 heteroatoms. The zero-order chi connectivity index (χ0) is 14.9. The van der Waals surface area contributed by atoms with Gasteiger partial charge in [-0.25, -0.2) is 9.18 Å². The molecule has 0 spiro atoms. The molecule has 0 aromatic heterocycles. The third-order valence-electron chi connectivity index (χ3n) is 3.63. The highest BCUT2D eigenvalue weighted by Gasteiger charge is 2.46. The van der Waals surface area contributed by atoms with Gasteiger partial charge >= 0.3 is 6.03 Å². The molecule has 0 saturated heterocycles. The van der Waals surface area contributed by atoms with Crippen molar-refractivity contribution in [3.63, 3.8) is 0 Å². The van der Waals surface area contributed by atoms with Crippen LogP contribution in [0.1, 0.15) is 19.4 Å². The van der Waals surface area contributed by atoms with E-state index in [1.165, 1.54) is 11.0 Å². The normalized spacial score (nSPS) is 23.4. The number of nitrogens with zero attached hydrogens (tertiary/aromatic N) is 2. The Kier molecular flexibility index (Phi) is 3.49. The van der Waals surface area contributed by atoms with Gasteiger partial charge in [0.2, 0.25) is 0 Å². The number of amides is 2. The van der Waals surface area contributed by atoms with E-state index in [1.54, 1.807) is 32.0 Å². The van der Waals surface area contributed by atoms with Crippen molar-refractivity contribution in [1.82, 2.24) is 4.90 Å². The van der Waals surface area contributed by atoms with E-state index in [0.29, 0.717) is 5.56 Å². The van der Waals surface area contributed by atoms with Crippen LogP contribution < -0.4 is 5.73 Å². The van der Waals surface area contributed by atoms with Gasteiger partial charge in [0.05, 0.1) is 6.04 Å². The van der Waals surface area contributed by atoms with Gasteiger partial charge in [-0.2, -0.15) is 4.99 Å². The van der Waals surface area contributed by atoms with Crippen LogP contribution in [0.4, 0.5) is 9.18 Å². The first-order chi connectivity index (χ1) is 9.40. The summed E-state index contributed by atoms with van der Waals surface area (Å²) >= 11 is 0. The lowest BCUT2D eigenvalue weighted by Gasteiger charge is -2.37. The lowest BCUT2D eigenvalue weighted by Crippen LogP contribution is -2.56. The van der Waals surface area contributed by atoms with E-state index in [1.807, 2.05) is 0 Å². The van der Waals surface area contributed by atoms with Crippen molar-refractivity contribution in [3.8, 4) is 12.3 Å². The number of rotatable bonds is 3. The van der Waals surface area contributed by atoms with Crippen molar-refractivity contribution >= 4 is 11.9 Å². The van der Waals surface area contributed by atoms with Gasteiger partial charge in [-0.1, -0.05) is 24.1 Å². The highest BCUT2D eigenvalue weighted by molar-refractivity contribution is 6.06. The molecule has 0 saturated carbocycles. The smallest absolute Gasteiger partial charge is 0.347 e. The Balaban J connectivity index is 2.41. The molecule has 1 aliphatic rings. The van der Waals surface area contributed by atoms with E-state index in [0.717, 1.165) is 0 Å². The minimum absolute atomic E-state index is 0.160. The molecule has 2 amide bonds. The second kappa shape index (κ2) is 4.97. The zero-order valence-electron chi connectivity index (χ0n) is 11.4. The molecule has 2 rings (SSSR count). The van der Waals surface area contributed by atoms with Crippen molar-refractivity contribution in [1.29, 1.82) is 0 Å². The number of amidine groups is 1. The molecule has 104 valence electrons. The van der Waals surface area contributed by atoms with Crippen LogP contribution >= 0.6 is 0 Å². The molecule has 4 nitrogen and oxygen atoms in total. The summed E-state index contributed by atoms with van der Waals surface area (Å²) in [6.07, 6.45) is 5.62. The van der Waals surface area contributed by atoms with Crippen LogP contribution in [-0.2, 0) is 6.42 Å². The number of hydrogen-bond donors (Lipinski definition) is 1. The average Bonchev–Trinajstić information content (AvgIpc) is 2.62. The first kappa shape index (κ1) is 14.1. The van der Waals surface area contributed by atoms with Gasteiger partial charge in [0.1, 0.15) is 17.2 Å². The number of aliphatic imine (C=N–C) groups is 1. The van der Waals surface area contributed by atoms with Crippen LogP contribution in [-0.4, -0.2) is 28.3 Å². The maximum absolute atomic E-state index is 13.8. The minimum atomic E-state index is -0.912. The van der Waals surface area contributed by atoms with Crippen molar-refractivity contribution < 1.29 is 9.18 Å². The van der Waals surface area contributed by atoms with Gasteiger partial charge < -0.3 is 5.73 Å².